The van der Waals surface area contributed by atoms with E-state index in [-0.39, 0.29) is 0 Å². The SMILES string of the molecule is NCc1ccc(-c2ncc(-c3cccs3)[nH]2)cc1. The number of aromatic nitrogens is 2. The molecule has 0 saturated carbocycles. The quantitative estimate of drug-likeness (QED) is 0.754. The molecule has 3 N–H and O–H groups in total. The molecule has 0 amide bonds. The number of nitrogens with two attached hydrogens (primary N) is 1. The fraction of sp³-hybridized carbons (Fsp3) is 0.0714. The molecule has 0 aliphatic heterocycles. The maximum absolute atomic E-state index is 5.58. The van der Waals surface area contributed by atoms with E-state index in [0.717, 1.165) is 22.6 Å². The molecule has 0 unspecified atom stereocenters. The van der Waals surface area contributed by atoms with Crippen molar-refractivity contribution in [3.05, 3.63) is 53.5 Å². The summed E-state index contributed by atoms with van der Waals surface area (Å²) >= 11 is 1.70. The van der Waals surface area contributed by atoms with Crippen molar-refractivity contribution in [1.29, 1.82) is 0 Å². The predicted octanol–water partition coefficient (Wildman–Crippen LogP) is 3.26. The number of nitrogens with zero attached hydrogens (tertiary/aromatic N) is 1. The molecule has 90 valence electrons. The molecule has 2 heterocycles. The van der Waals surface area contributed by atoms with Crippen LogP contribution < -0.4 is 5.73 Å². The molecule has 0 aliphatic rings. The van der Waals surface area contributed by atoms with Crippen LogP contribution in [0.3, 0.4) is 0 Å². The molecular formula is C14H13N3S. The van der Waals surface area contributed by atoms with Gasteiger partial charge in [0.2, 0.25) is 0 Å². The average Bonchev–Trinajstić information content (AvgIpc) is 3.09. The van der Waals surface area contributed by atoms with Gasteiger partial charge in [-0.2, -0.15) is 0 Å². The summed E-state index contributed by atoms with van der Waals surface area (Å²) < 4.78 is 0. The number of rotatable bonds is 3. The Morgan fingerprint density at radius 1 is 1.17 bits per heavy atom. The molecule has 2 aromatic heterocycles. The van der Waals surface area contributed by atoms with Crippen molar-refractivity contribution in [2.24, 2.45) is 5.73 Å². The number of H-pyrrole nitrogens is 1. The van der Waals surface area contributed by atoms with Crippen molar-refractivity contribution in [2.45, 2.75) is 6.54 Å². The number of hydrogen-bond donors (Lipinski definition) is 2. The Hall–Kier alpha value is -1.91. The lowest BCUT2D eigenvalue weighted by Gasteiger charge is -1.99. The van der Waals surface area contributed by atoms with Crippen molar-refractivity contribution < 1.29 is 0 Å². The van der Waals surface area contributed by atoms with Crippen molar-refractivity contribution in [2.75, 3.05) is 0 Å². The molecule has 18 heavy (non-hydrogen) atoms. The monoisotopic (exact) mass is 255 g/mol. The van der Waals surface area contributed by atoms with E-state index in [0.29, 0.717) is 6.54 Å². The van der Waals surface area contributed by atoms with Crippen LogP contribution in [0.2, 0.25) is 0 Å². The topological polar surface area (TPSA) is 54.7 Å². The summed E-state index contributed by atoms with van der Waals surface area (Å²) in [5.74, 6) is 0.891. The van der Waals surface area contributed by atoms with Gasteiger partial charge in [0, 0.05) is 12.1 Å². The second kappa shape index (κ2) is 4.76. The molecule has 0 radical (unpaired) electrons. The molecule has 0 atom stereocenters. The van der Waals surface area contributed by atoms with Crippen molar-refractivity contribution in [3.8, 4) is 22.0 Å². The minimum atomic E-state index is 0.568. The molecule has 3 aromatic rings. The van der Waals surface area contributed by atoms with Gasteiger partial charge in [-0.15, -0.1) is 11.3 Å². The number of thiophene rings is 1. The van der Waals surface area contributed by atoms with Gasteiger partial charge >= 0.3 is 0 Å². The predicted molar refractivity (Wildman–Crippen MR) is 75.2 cm³/mol. The van der Waals surface area contributed by atoms with E-state index in [4.69, 9.17) is 5.73 Å². The zero-order chi connectivity index (χ0) is 12.4. The first-order chi connectivity index (χ1) is 8.86. The maximum atomic E-state index is 5.58. The highest BCUT2D eigenvalue weighted by Crippen LogP contribution is 2.25. The molecule has 3 rings (SSSR count). The molecule has 1 aromatic carbocycles. The van der Waals surface area contributed by atoms with Crippen LogP contribution in [-0.4, -0.2) is 9.97 Å². The summed E-state index contributed by atoms with van der Waals surface area (Å²) in [6, 6.07) is 12.3. The summed E-state index contributed by atoms with van der Waals surface area (Å²) in [5.41, 5.74) is 8.85. The van der Waals surface area contributed by atoms with Gasteiger partial charge in [0.25, 0.3) is 0 Å². The smallest absolute Gasteiger partial charge is 0.137 e. The van der Waals surface area contributed by atoms with Gasteiger partial charge in [-0.3, -0.25) is 0 Å². The second-order valence-electron chi connectivity index (χ2n) is 4.02. The molecular weight excluding hydrogens is 242 g/mol. The van der Waals surface area contributed by atoms with E-state index >= 15 is 0 Å². The number of aromatic amines is 1. The van der Waals surface area contributed by atoms with Crippen LogP contribution in [-0.2, 0) is 6.54 Å². The largest absolute Gasteiger partial charge is 0.337 e. The van der Waals surface area contributed by atoms with E-state index in [1.165, 1.54) is 4.88 Å². The standard InChI is InChI=1S/C14H13N3S/c15-8-10-3-5-11(6-4-10)14-16-9-12(17-14)13-2-1-7-18-13/h1-7,9H,8,15H2,(H,16,17). The highest BCUT2D eigenvalue weighted by molar-refractivity contribution is 7.13. The fourth-order valence-electron chi connectivity index (χ4n) is 1.82. The van der Waals surface area contributed by atoms with Gasteiger partial charge in [-0.25, -0.2) is 4.98 Å². The van der Waals surface area contributed by atoms with E-state index in [1.54, 1.807) is 11.3 Å². The van der Waals surface area contributed by atoms with E-state index < -0.39 is 0 Å². The Morgan fingerprint density at radius 3 is 2.67 bits per heavy atom. The summed E-state index contributed by atoms with van der Waals surface area (Å²) in [7, 11) is 0. The highest BCUT2D eigenvalue weighted by Gasteiger charge is 2.05. The average molecular weight is 255 g/mol. The van der Waals surface area contributed by atoms with Crippen LogP contribution in [0.4, 0.5) is 0 Å². The van der Waals surface area contributed by atoms with Gasteiger partial charge in [0.05, 0.1) is 16.8 Å². The van der Waals surface area contributed by atoms with Crippen LogP contribution in [0.1, 0.15) is 5.56 Å². The van der Waals surface area contributed by atoms with Crippen molar-refractivity contribution >= 4 is 11.3 Å². The van der Waals surface area contributed by atoms with Gasteiger partial charge in [0.15, 0.2) is 0 Å². The van der Waals surface area contributed by atoms with Gasteiger partial charge in [-0.1, -0.05) is 30.3 Å². The third-order valence-corrected chi connectivity index (χ3v) is 3.73. The first-order valence-electron chi connectivity index (χ1n) is 5.75. The summed E-state index contributed by atoms with van der Waals surface area (Å²) in [6.45, 7) is 0.568. The Morgan fingerprint density at radius 2 is 2.00 bits per heavy atom. The van der Waals surface area contributed by atoms with Crippen LogP contribution in [0, 0.1) is 0 Å². The summed E-state index contributed by atoms with van der Waals surface area (Å²) in [6.07, 6.45) is 1.87. The second-order valence-corrected chi connectivity index (χ2v) is 4.97. The van der Waals surface area contributed by atoms with E-state index in [1.807, 2.05) is 36.5 Å². The highest BCUT2D eigenvalue weighted by atomic mass is 32.1. The lowest BCUT2D eigenvalue weighted by Crippen LogP contribution is -1.95. The first-order valence-corrected chi connectivity index (χ1v) is 6.63. The molecule has 0 fully saturated rings. The van der Waals surface area contributed by atoms with Gasteiger partial charge in [-0.05, 0) is 17.0 Å². The van der Waals surface area contributed by atoms with E-state index in [2.05, 4.69) is 21.4 Å². The van der Waals surface area contributed by atoms with Gasteiger partial charge < -0.3 is 10.7 Å². The minimum Gasteiger partial charge on any atom is -0.337 e. The molecule has 3 nitrogen and oxygen atoms in total. The zero-order valence-corrected chi connectivity index (χ0v) is 10.6. The Kier molecular flexibility index (Phi) is 2.96. The molecule has 0 spiro atoms. The summed E-state index contributed by atoms with van der Waals surface area (Å²) in [4.78, 5) is 8.96. The van der Waals surface area contributed by atoms with Crippen LogP contribution in [0.25, 0.3) is 22.0 Å². The third kappa shape index (κ3) is 2.08. The lowest BCUT2D eigenvalue weighted by molar-refractivity contribution is 1.07. The lowest BCUT2D eigenvalue weighted by atomic mass is 10.1. The number of benzene rings is 1. The minimum absolute atomic E-state index is 0.568. The molecule has 0 bridgehead atoms. The number of nitrogens with one attached hydrogen (secondary N) is 1. The van der Waals surface area contributed by atoms with Crippen LogP contribution in [0.5, 0.6) is 0 Å². The van der Waals surface area contributed by atoms with E-state index in [9.17, 15) is 0 Å². The number of hydrogen-bond acceptors (Lipinski definition) is 3. The fourth-order valence-corrected chi connectivity index (χ4v) is 2.52. The third-order valence-electron chi connectivity index (χ3n) is 2.83. The molecule has 4 heteroatoms. The summed E-state index contributed by atoms with van der Waals surface area (Å²) in [5, 5.41) is 2.06. The molecule has 0 saturated heterocycles. The first kappa shape index (κ1) is 11.2. The zero-order valence-electron chi connectivity index (χ0n) is 9.76. The Labute approximate surface area is 109 Å². The van der Waals surface area contributed by atoms with Crippen molar-refractivity contribution in [3.63, 3.8) is 0 Å². The van der Waals surface area contributed by atoms with Crippen LogP contribution in [0.15, 0.2) is 48.0 Å². The van der Waals surface area contributed by atoms with Gasteiger partial charge in [0.1, 0.15) is 5.82 Å². The Bertz CT molecular complexity index is 623. The normalized spacial score (nSPS) is 10.7. The number of imidazole rings is 1. The molecule has 0 aliphatic carbocycles. The van der Waals surface area contributed by atoms with Crippen LogP contribution >= 0.6 is 11.3 Å². The maximum Gasteiger partial charge on any atom is 0.137 e. The van der Waals surface area contributed by atoms with Crippen molar-refractivity contribution in [1.82, 2.24) is 9.97 Å². The Balaban J connectivity index is 1.92.